The molecule has 0 aliphatic carbocycles. The molecule has 1 saturated heterocycles. The van der Waals surface area contributed by atoms with Crippen LogP contribution in [0.4, 0.5) is 11.4 Å². The van der Waals surface area contributed by atoms with Gasteiger partial charge in [0, 0.05) is 11.4 Å². The Morgan fingerprint density at radius 2 is 1.95 bits per heavy atom. The van der Waals surface area contributed by atoms with Gasteiger partial charge in [0.15, 0.2) is 0 Å². The predicted octanol–water partition coefficient (Wildman–Crippen LogP) is 0.547. The van der Waals surface area contributed by atoms with E-state index in [4.69, 9.17) is 11.5 Å². The number of carbonyl (C=O) groups excluding carboxylic acids is 2. The van der Waals surface area contributed by atoms with Gasteiger partial charge in [0.25, 0.3) is 0 Å². The van der Waals surface area contributed by atoms with Crippen molar-refractivity contribution in [2.45, 2.75) is 25.3 Å². The van der Waals surface area contributed by atoms with Gasteiger partial charge in [0.2, 0.25) is 11.8 Å². The molecule has 5 N–H and O–H groups in total. The van der Waals surface area contributed by atoms with Crippen LogP contribution in [0.3, 0.4) is 0 Å². The topological polar surface area (TPSA) is 101 Å². The molecule has 20 heavy (non-hydrogen) atoms. The number of piperidine rings is 1. The molecular weight excluding hydrogens is 256 g/mol. The second-order valence-electron chi connectivity index (χ2n) is 5.05. The van der Waals surface area contributed by atoms with E-state index in [-0.39, 0.29) is 24.4 Å². The number of primary amides is 1. The van der Waals surface area contributed by atoms with Gasteiger partial charge in [-0.2, -0.15) is 0 Å². The van der Waals surface area contributed by atoms with Crippen LogP contribution in [0.25, 0.3) is 0 Å². The molecule has 1 aliphatic heterocycles. The summed E-state index contributed by atoms with van der Waals surface area (Å²) in [7, 11) is 0. The molecule has 0 spiro atoms. The van der Waals surface area contributed by atoms with E-state index in [2.05, 4.69) is 5.32 Å². The minimum absolute atomic E-state index is 0.150. The summed E-state index contributed by atoms with van der Waals surface area (Å²) in [6.45, 7) is 0.904. The Kier molecular flexibility index (Phi) is 4.57. The molecule has 0 aromatic heterocycles. The molecule has 108 valence electrons. The van der Waals surface area contributed by atoms with E-state index in [0.29, 0.717) is 11.4 Å². The quantitative estimate of drug-likeness (QED) is 0.699. The third-order valence-electron chi connectivity index (χ3n) is 3.48. The number of benzene rings is 1. The summed E-state index contributed by atoms with van der Waals surface area (Å²) in [6.07, 6.45) is 2.69. The van der Waals surface area contributed by atoms with Crippen molar-refractivity contribution in [3.8, 4) is 0 Å². The van der Waals surface area contributed by atoms with Crippen molar-refractivity contribution in [2.75, 3.05) is 24.1 Å². The van der Waals surface area contributed by atoms with Crippen molar-refractivity contribution in [2.24, 2.45) is 5.73 Å². The molecule has 1 heterocycles. The largest absolute Gasteiger partial charge is 0.399 e. The summed E-state index contributed by atoms with van der Waals surface area (Å²) in [5.41, 5.74) is 12.3. The number of rotatable bonds is 4. The second-order valence-corrected chi connectivity index (χ2v) is 5.05. The zero-order valence-electron chi connectivity index (χ0n) is 11.3. The van der Waals surface area contributed by atoms with Crippen LogP contribution in [0.2, 0.25) is 0 Å². The zero-order chi connectivity index (χ0) is 14.5. The number of nitrogens with zero attached hydrogens (tertiary/aromatic N) is 1. The maximum absolute atomic E-state index is 12.0. The van der Waals surface area contributed by atoms with Gasteiger partial charge in [-0.05, 0) is 43.7 Å². The average Bonchev–Trinajstić information content (AvgIpc) is 2.41. The van der Waals surface area contributed by atoms with Gasteiger partial charge in [0.05, 0.1) is 12.6 Å². The van der Waals surface area contributed by atoms with Crippen molar-refractivity contribution in [1.29, 1.82) is 0 Å². The maximum Gasteiger partial charge on any atom is 0.238 e. The zero-order valence-corrected chi connectivity index (χ0v) is 11.3. The van der Waals surface area contributed by atoms with Crippen LogP contribution >= 0.6 is 0 Å². The lowest BCUT2D eigenvalue weighted by molar-refractivity contribution is -0.126. The van der Waals surface area contributed by atoms with Crippen LogP contribution in [0.1, 0.15) is 19.3 Å². The predicted molar refractivity (Wildman–Crippen MR) is 77.9 cm³/mol. The van der Waals surface area contributed by atoms with Crippen molar-refractivity contribution in [3.05, 3.63) is 24.3 Å². The molecule has 0 radical (unpaired) electrons. The normalized spacial score (nSPS) is 19.5. The van der Waals surface area contributed by atoms with Crippen molar-refractivity contribution in [3.63, 3.8) is 0 Å². The van der Waals surface area contributed by atoms with Crippen LogP contribution in [-0.2, 0) is 9.59 Å². The number of likely N-dealkylation sites (tertiary alicyclic amines) is 1. The van der Waals surface area contributed by atoms with Crippen LogP contribution in [0.15, 0.2) is 24.3 Å². The number of nitrogens with two attached hydrogens (primary N) is 2. The lowest BCUT2D eigenvalue weighted by Crippen LogP contribution is -2.50. The molecule has 1 aromatic rings. The van der Waals surface area contributed by atoms with Gasteiger partial charge in [-0.3, -0.25) is 14.5 Å². The lowest BCUT2D eigenvalue weighted by Gasteiger charge is -2.32. The molecule has 1 aromatic carbocycles. The Morgan fingerprint density at radius 3 is 2.60 bits per heavy atom. The van der Waals surface area contributed by atoms with Gasteiger partial charge >= 0.3 is 0 Å². The van der Waals surface area contributed by atoms with Crippen molar-refractivity contribution < 1.29 is 9.59 Å². The Bertz CT molecular complexity index is 486. The third kappa shape index (κ3) is 3.71. The molecule has 0 bridgehead atoms. The van der Waals surface area contributed by atoms with E-state index in [1.165, 1.54) is 0 Å². The summed E-state index contributed by atoms with van der Waals surface area (Å²) < 4.78 is 0. The first-order valence-corrected chi connectivity index (χ1v) is 6.75. The SMILES string of the molecule is NC(=O)C1CCCCN1CC(=O)Nc1ccc(N)cc1. The van der Waals surface area contributed by atoms with Gasteiger partial charge in [0.1, 0.15) is 0 Å². The maximum atomic E-state index is 12.0. The van der Waals surface area contributed by atoms with Gasteiger partial charge < -0.3 is 16.8 Å². The number of nitrogens with one attached hydrogen (secondary N) is 1. The smallest absolute Gasteiger partial charge is 0.238 e. The van der Waals surface area contributed by atoms with E-state index in [1.807, 2.05) is 4.90 Å². The summed E-state index contributed by atoms with van der Waals surface area (Å²) in [5, 5.41) is 2.79. The first kappa shape index (κ1) is 14.3. The number of carbonyl (C=O) groups is 2. The first-order chi connectivity index (χ1) is 9.56. The molecule has 2 amide bonds. The highest BCUT2D eigenvalue weighted by Crippen LogP contribution is 2.17. The monoisotopic (exact) mass is 276 g/mol. The lowest BCUT2D eigenvalue weighted by atomic mass is 10.0. The summed E-state index contributed by atoms with van der Waals surface area (Å²) in [4.78, 5) is 25.2. The fourth-order valence-corrected chi connectivity index (χ4v) is 2.45. The van der Waals surface area contributed by atoms with Crippen molar-refractivity contribution >= 4 is 23.2 Å². The second kappa shape index (κ2) is 6.38. The standard InChI is InChI=1S/C14H20N4O2/c15-10-4-6-11(7-5-10)17-13(19)9-18-8-2-1-3-12(18)14(16)20/h4-7,12H,1-3,8-9,15H2,(H2,16,20)(H,17,19). The number of nitrogen functional groups attached to an aromatic ring is 1. The number of amides is 2. The van der Waals surface area contributed by atoms with E-state index >= 15 is 0 Å². The third-order valence-corrected chi connectivity index (χ3v) is 3.48. The molecule has 6 nitrogen and oxygen atoms in total. The highest BCUT2D eigenvalue weighted by Gasteiger charge is 2.28. The molecule has 0 saturated carbocycles. The summed E-state index contributed by atoms with van der Waals surface area (Å²) in [5.74, 6) is -0.507. The van der Waals surface area contributed by atoms with E-state index in [1.54, 1.807) is 24.3 Å². The summed E-state index contributed by atoms with van der Waals surface area (Å²) >= 11 is 0. The van der Waals surface area contributed by atoms with E-state index in [9.17, 15) is 9.59 Å². The molecule has 2 rings (SSSR count). The molecule has 6 heteroatoms. The fourth-order valence-electron chi connectivity index (χ4n) is 2.45. The molecule has 1 unspecified atom stereocenters. The fraction of sp³-hybridized carbons (Fsp3) is 0.429. The Balaban J connectivity index is 1.92. The highest BCUT2D eigenvalue weighted by atomic mass is 16.2. The Labute approximate surface area is 118 Å². The van der Waals surface area contributed by atoms with Gasteiger partial charge in [-0.15, -0.1) is 0 Å². The van der Waals surface area contributed by atoms with Gasteiger partial charge in [-0.1, -0.05) is 6.42 Å². The average molecular weight is 276 g/mol. The molecule has 1 fully saturated rings. The van der Waals surface area contributed by atoms with Crippen molar-refractivity contribution in [1.82, 2.24) is 4.90 Å². The van der Waals surface area contributed by atoms with E-state index < -0.39 is 0 Å². The van der Waals surface area contributed by atoms with Crippen LogP contribution in [0, 0.1) is 0 Å². The highest BCUT2D eigenvalue weighted by molar-refractivity contribution is 5.93. The van der Waals surface area contributed by atoms with Crippen LogP contribution in [-0.4, -0.2) is 35.8 Å². The van der Waals surface area contributed by atoms with Gasteiger partial charge in [-0.25, -0.2) is 0 Å². The summed E-state index contributed by atoms with van der Waals surface area (Å²) in [6, 6.07) is 6.61. The Morgan fingerprint density at radius 1 is 1.25 bits per heavy atom. The van der Waals surface area contributed by atoms with E-state index in [0.717, 1.165) is 25.8 Å². The molecule has 1 atom stereocenters. The number of hydrogen-bond donors (Lipinski definition) is 3. The minimum atomic E-state index is -0.356. The van der Waals surface area contributed by atoms with Crippen LogP contribution in [0.5, 0.6) is 0 Å². The Hall–Kier alpha value is -2.08. The van der Waals surface area contributed by atoms with Crippen LogP contribution < -0.4 is 16.8 Å². The number of hydrogen-bond acceptors (Lipinski definition) is 4. The molecule has 1 aliphatic rings. The molecular formula is C14H20N4O2. The first-order valence-electron chi connectivity index (χ1n) is 6.75. The number of anilines is 2. The minimum Gasteiger partial charge on any atom is -0.399 e.